The number of carbonyl (C=O) groups excluding carboxylic acids is 1. The Hall–Kier alpha value is -3.25. The van der Waals surface area contributed by atoms with Crippen LogP contribution in [0.4, 0.5) is 5.69 Å². The van der Waals surface area contributed by atoms with E-state index in [9.17, 15) is 9.59 Å². The number of amides is 1. The fourth-order valence-electron chi connectivity index (χ4n) is 3.95. The van der Waals surface area contributed by atoms with Crippen LogP contribution in [0.1, 0.15) is 41.3 Å². The van der Waals surface area contributed by atoms with Crippen molar-refractivity contribution >= 4 is 33.1 Å². The van der Waals surface area contributed by atoms with Crippen molar-refractivity contribution in [3.8, 4) is 11.1 Å². The fraction of sp³-hybridized carbons (Fsp3) is 0.269. The number of fused-ring (bicyclic) bond motifs is 1. The number of para-hydroxylation sites is 1. The Balaban J connectivity index is 1.71. The van der Waals surface area contributed by atoms with Crippen LogP contribution in [0.15, 0.2) is 53.6 Å². The minimum Gasteiger partial charge on any atom is -0.324 e. The van der Waals surface area contributed by atoms with Gasteiger partial charge in [0.15, 0.2) is 0 Å². The number of rotatable bonds is 5. The van der Waals surface area contributed by atoms with E-state index >= 15 is 0 Å². The molecule has 0 aliphatic carbocycles. The van der Waals surface area contributed by atoms with Gasteiger partial charge < -0.3 is 5.32 Å². The summed E-state index contributed by atoms with van der Waals surface area (Å²) in [6.07, 6.45) is 1.47. The second-order valence-corrected chi connectivity index (χ2v) is 9.68. The zero-order chi connectivity index (χ0) is 23.0. The van der Waals surface area contributed by atoms with Gasteiger partial charge in [-0.15, -0.1) is 11.3 Å². The van der Waals surface area contributed by atoms with Crippen LogP contribution in [0, 0.1) is 20.8 Å². The van der Waals surface area contributed by atoms with E-state index in [0.717, 1.165) is 27.3 Å². The van der Waals surface area contributed by atoms with Gasteiger partial charge in [-0.1, -0.05) is 50.2 Å². The van der Waals surface area contributed by atoms with Crippen molar-refractivity contribution in [1.29, 1.82) is 0 Å². The van der Waals surface area contributed by atoms with Crippen molar-refractivity contribution in [2.75, 3.05) is 5.32 Å². The SMILES string of the molecule is Cc1ccc(-c2c(C)sc3ncn(CC(=O)Nc4ccccc4C(C)C)c(=O)c23)cc1C. The number of aryl methyl sites for hydroxylation is 3. The highest BCUT2D eigenvalue weighted by molar-refractivity contribution is 7.19. The van der Waals surface area contributed by atoms with Gasteiger partial charge in [-0.2, -0.15) is 0 Å². The molecule has 0 bridgehead atoms. The quantitative estimate of drug-likeness (QED) is 0.421. The van der Waals surface area contributed by atoms with Crippen LogP contribution in [0.5, 0.6) is 0 Å². The second kappa shape index (κ2) is 8.71. The molecule has 2 aromatic carbocycles. The first-order valence-electron chi connectivity index (χ1n) is 10.7. The Kier molecular flexibility index (Phi) is 5.98. The molecule has 6 heteroatoms. The highest BCUT2D eigenvalue weighted by atomic mass is 32.1. The number of hydrogen-bond acceptors (Lipinski definition) is 4. The summed E-state index contributed by atoms with van der Waals surface area (Å²) in [5.41, 5.74) is 5.94. The standard InChI is InChI=1S/C26H27N3O2S/c1-15(2)20-8-6-7-9-21(20)28-22(30)13-29-14-27-25-24(26(29)31)23(18(5)32-25)19-11-10-16(3)17(4)12-19/h6-12,14-15H,13H2,1-5H3,(H,28,30). The number of aromatic nitrogens is 2. The number of benzene rings is 2. The Morgan fingerprint density at radius 1 is 1.09 bits per heavy atom. The summed E-state index contributed by atoms with van der Waals surface area (Å²) in [7, 11) is 0. The normalized spacial score (nSPS) is 11.3. The molecule has 0 spiro atoms. The van der Waals surface area contributed by atoms with Gasteiger partial charge in [0.25, 0.3) is 5.56 Å². The van der Waals surface area contributed by atoms with Crippen molar-refractivity contribution in [1.82, 2.24) is 9.55 Å². The minimum atomic E-state index is -0.249. The van der Waals surface area contributed by atoms with E-state index in [1.54, 1.807) is 0 Å². The van der Waals surface area contributed by atoms with Crippen LogP contribution < -0.4 is 10.9 Å². The number of nitrogens with zero attached hydrogens (tertiary/aromatic N) is 2. The highest BCUT2D eigenvalue weighted by Crippen LogP contribution is 2.36. The Labute approximate surface area is 191 Å². The van der Waals surface area contributed by atoms with E-state index in [4.69, 9.17) is 0 Å². The van der Waals surface area contributed by atoms with Gasteiger partial charge in [-0.05, 0) is 55.0 Å². The zero-order valence-corrected chi connectivity index (χ0v) is 19.8. The maximum Gasteiger partial charge on any atom is 0.263 e. The molecule has 32 heavy (non-hydrogen) atoms. The first kappa shape index (κ1) is 22.0. The number of thiophene rings is 1. The Bertz CT molecular complexity index is 1380. The largest absolute Gasteiger partial charge is 0.324 e. The molecule has 5 nitrogen and oxygen atoms in total. The van der Waals surface area contributed by atoms with Gasteiger partial charge in [0.05, 0.1) is 11.7 Å². The van der Waals surface area contributed by atoms with E-state index in [1.165, 1.54) is 33.4 Å². The maximum atomic E-state index is 13.4. The number of nitrogens with one attached hydrogen (secondary N) is 1. The molecule has 0 aliphatic heterocycles. The van der Waals surface area contributed by atoms with Crippen molar-refractivity contribution < 1.29 is 4.79 Å². The molecular formula is C26H27N3O2S. The molecule has 0 saturated heterocycles. The van der Waals surface area contributed by atoms with Crippen molar-refractivity contribution in [2.45, 2.75) is 47.1 Å². The zero-order valence-electron chi connectivity index (χ0n) is 19.0. The fourth-order valence-corrected chi connectivity index (χ4v) is 4.96. The summed E-state index contributed by atoms with van der Waals surface area (Å²) in [6, 6.07) is 14.0. The van der Waals surface area contributed by atoms with Crippen LogP contribution in [0.25, 0.3) is 21.3 Å². The molecule has 4 aromatic rings. The maximum absolute atomic E-state index is 13.4. The van der Waals surface area contributed by atoms with Gasteiger partial charge in [0.2, 0.25) is 5.91 Å². The number of anilines is 1. The summed E-state index contributed by atoms with van der Waals surface area (Å²) in [4.78, 5) is 32.4. The predicted octanol–water partition coefficient (Wildman–Crippen LogP) is 5.81. The molecule has 0 unspecified atom stereocenters. The second-order valence-electron chi connectivity index (χ2n) is 8.48. The van der Waals surface area contributed by atoms with E-state index < -0.39 is 0 Å². The highest BCUT2D eigenvalue weighted by Gasteiger charge is 2.18. The molecular weight excluding hydrogens is 418 g/mol. The van der Waals surface area contributed by atoms with Crippen LogP contribution in [-0.4, -0.2) is 15.5 Å². The van der Waals surface area contributed by atoms with Crippen molar-refractivity contribution in [2.24, 2.45) is 0 Å². The molecule has 1 N–H and O–H groups in total. The summed E-state index contributed by atoms with van der Waals surface area (Å²) in [5, 5.41) is 3.53. The monoisotopic (exact) mass is 445 g/mol. The summed E-state index contributed by atoms with van der Waals surface area (Å²) in [6.45, 7) is 10.2. The molecule has 2 aromatic heterocycles. The molecule has 0 fully saturated rings. The third-order valence-corrected chi connectivity index (χ3v) is 6.83. The summed E-state index contributed by atoms with van der Waals surface area (Å²) < 4.78 is 1.40. The topological polar surface area (TPSA) is 64.0 Å². The molecule has 0 saturated carbocycles. The first-order chi connectivity index (χ1) is 15.3. The van der Waals surface area contributed by atoms with Gasteiger partial charge in [0.1, 0.15) is 11.4 Å². The molecule has 0 atom stereocenters. The van der Waals surface area contributed by atoms with E-state index in [-0.39, 0.29) is 23.9 Å². The third-order valence-electron chi connectivity index (χ3n) is 5.82. The molecule has 4 rings (SSSR count). The molecule has 1 amide bonds. The van der Waals surface area contributed by atoms with Crippen LogP contribution in [-0.2, 0) is 11.3 Å². The van der Waals surface area contributed by atoms with E-state index in [0.29, 0.717) is 10.2 Å². The molecule has 0 radical (unpaired) electrons. The Morgan fingerprint density at radius 3 is 2.56 bits per heavy atom. The Morgan fingerprint density at radius 2 is 1.84 bits per heavy atom. The van der Waals surface area contributed by atoms with Gasteiger partial charge in [-0.3, -0.25) is 14.2 Å². The van der Waals surface area contributed by atoms with Crippen molar-refractivity contribution in [3.05, 3.63) is 80.7 Å². The van der Waals surface area contributed by atoms with Crippen LogP contribution in [0.2, 0.25) is 0 Å². The minimum absolute atomic E-state index is 0.0878. The average Bonchev–Trinajstić information content (AvgIpc) is 3.09. The molecule has 164 valence electrons. The third kappa shape index (κ3) is 4.10. The summed E-state index contributed by atoms with van der Waals surface area (Å²) >= 11 is 1.51. The lowest BCUT2D eigenvalue weighted by molar-refractivity contribution is -0.116. The molecule has 2 heterocycles. The van der Waals surface area contributed by atoms with Gasteiger partial charge >= 0.3 is 0 Å². The lowest BCUT2D eigenvalue weighted by Crippen LogP contribution is -2.28. The molecule has 0 aliphatic rings. The average molecular weight is 446 g/mol. The van der Waals surface area contributed by atoms with Crippen LogP contribution >= 0.6 is 11.3 Å². The van der Waals surface area contributed by atoms with Gasteiger partial charge in [-0.25, -0.2) is 4.98 Å². The van der Waals surface area contributed by atoms with Crippen molar-refractivity contribution in [3.63, 3.8) is 0 Å². The number of hydrogen-bond donors (Lipinski definition) is 1. The first-order valence-corrected chi connectivity index (χ1v) is 11.5. The summed E-state index contributed by atoms with van der Waals surface area (Å²) in [5.74, 6) is 0.0302. The smallest absolute Gasteiger partial charge is 0.263 e. The van der Waals surface area contributed by atoms with E-state index in [1.807, 2.05) is 37.3 Å². The van der Waals surface area contributed by atoms with E-state index in [2.05, 4.69) is 50.1 Å². The lowest BCUT2D eigenvalue weighted by atomic mass is 9.99. The predicted molar refractivity (Wildman–Crippen MR) is 133 cm³/mol. The van der Waals surface area contributed by atoms with Crippen LogP contribution in [0.3, 0.4) is 0 Å². The number of carbonyl (C=O) groups is 1. The van der Waals surface area contributed by atoms with Gasteiger partial charge in [0, 0.05) is 16.1 Å². The lowest BCUT2D eigenvalue weighted by Gasteiger charge is -2.14.